The van der Waals surface area contributed by atoms with Crippen molar-refractivity contribution in [2.45, 2.75) is 18.9 Å². The standard InChI is InChI=1S/C19H20N4OS.ClH/c24-19(21-14-6-4-10-20-13-14)16-12-17(18-9-5-11-25-18)23(22-16)15-7-2-1-3-8-15;/h1-3,5,7-9,11-12,14,20H,4,6,10,13H2,(H,21,24);1H. The van der Waals surface area contributed by atoms with E-state index in [4.69, 9.17) is 0 Å². The van der Waals surface area contributed by atoms with Gasteiger partial charge in [0.2, 0.25) is 0 Å². The summed E-state index contributed by atoms with van der Waals surface area (Å²) in [6.07, 6.45) is 2.10. The Kier molecular flexibility index (Phi) is 6.08. The van der Waals surface area contributed by atoms with Crippen LogP contribution in [0.15, 0.2) is 53.9 Å². The molecule has 26 heavy (non-hydrogen) atoms. The summed E-state index contributed by atoms with van der Waals surface area (Å²) < 4.78 is 1.85. The second kappa shape index (κ2) is 8.49. The normalized spacial score (nSPS) is 16.7. The van der Waals surface area contributed by atoms with E-state index in [2.05, 4.69) is 15.7 Å². The van der Waals surface area contributed by atoms with E-state index in [9.17, 15) is 4.79 Å². The van der Waals surface area contributed by atoms with Gasteiger partial charge in [0.1, 0.15) is 0 Å². The topological polar surface area (TPSA) is 59.0 Å². The van der Waals surface area contributed by atoms with Crippen LogP contribution in [0.25, 0.3) is 16.3 Å². The van der Waals surface area contributed by atoms with E-state index < -0.39 is 0 Å². The van der Waals surface area contributed by atoms with Gasteiger partial charge in [-0.1, -0.05) is 24.3 Å². The molecular formula is C19H21ClN4OS. The van der Waals surface area contributed by atoms with Crippen LogP contribution in [-0.4, -0.2) is 34.8 Å². The molecule has 0 spiro atoms. The number of piperidine rings is 1. The molecule has 1 unspecified atom stereocenters. The van der Waals surface area contributed by atoms with Crippen LogP contribution < -0.4 is 10.6 Å². The lowest BCUT2D eigenvalue weighted by atomic mass is 10.1. The van der Waals surface area contributed by atoms with E-state index in [-0.39, 0.29) is 24.4 Å². The molecule has 0 saturated carbocycles. The fraction of sp³-hybridized carbons (Fsp3) is 0.263. The van der Waals surface area contributed by atoms with Gasteiger partial charge in [0, 0.05) is 12.6 Å². The minimum Gasteiger partial charge on any atom is -0.347 e. The van der Waals surface area contributed by atoms with Gasteiger partial charge >= 0.3 is 0 Å². The molecule has 1 amide bonds. The van der Waals surface area contributed by atoms with E-state index in [1.54, 1.807) is 11.3 Å². The first kappa shape index (κ1) is 18.6. The van der Waals surface area contributed by atoms with Crippen molar-refractivity contribution in [2.24, 2.45) is 0 Å². The van der Waals surface area contributed by atoms with Crippen LogP contribution in [0.1, 0.15) is 23.3 Å². The summed E-state index contributed by atoms with van der Waals surface area (Å²) in [5, 5.41) is 13.0. The van der Waals surface area contributed by atoms with Crippen LogP contribution in [0, 0.1) is 0 Å². The number of nitrogens with one attached hydrogen (secondary N) is 2. The zero-order chi connectivity index (χ0) is 17.1. The molecule has 5 nitrogen and oxygen atoms in total. The molecule has 7 heteroatoms. The molecule has 4 rings (SSSR count). The summed E-state index contributed by atoms with van der Waals surface area (Å²) in [7, 11) is 0. The number of carbonyl (C=O) groups excluding carboxylic acids is 1. The summed E-state index contributed by atoms with van der Waals surface area (Å²) >= 11 is 1.64. The first-order chi connectivity index (χ1) is 12.3. The highest BCUT2D eigenvalue weighted by molar-refractivity contribution is 7.13. The number of aromatic nitrogens is 2. The molecule has 0 radical (unpaired) electrons. The Morgan fingerprint density at radius 2 is 2.08 bits per heavy atom. The molecule has 136 valence electrons. The van der Waals surface area contributed by atoms with Gasteiger partial charge < -0.3 is 10.6 Å². The number of carbonyl (C=O) groups is 1. The molecule has 1 aromatic carbocycles. The number of para-hydroxylation sites is 1. The van der Waals surface area contributed by atoms with E-state index in [1.807, 2.05) is 58.6 Å². The molecule has 1 atom stereocenters. The molecule has 1 saturated heterocycles. The third-order valence-electron chi connectivity index (χ3n) is 4.35. The Morgan fingerprint density at radius 3 is 2.77 bits per heavy atom. The highest BCUT2D eigenvalue weighted by atomic mass is 35.5. The Bertz CT molecular complexity index is 842. The fourth-order valence-electron chi connectivity index (χ4n) is 3.09. The van der Waals surface area contributed by atoms with Crippen LogP contribution in [0.2, 0.25) is 0 Å². The minimum atomic E-state index is -0.110. The number of benzene rings is 1. The van der Waals surface area contributed by atoms with Crippen LogP contribution in [0.5, 0.6) is 0 Å². The maximum Gasteiger partial charge on any atom is 0.272 e. The Hall–Kier alpha value is -2.15. The Labute approximate surface area is 162 Å². The third-order valence-corrected chi connectivity index (χ3v) is 5.24. The average Bonchev–Trinajstić information content (AvgIpc) is 3.33. The van der Waals surface area contributed by atoms with Crippen LogP contribution in [-0.2, 0) is 0 Å². The van der Waals surface area contributed by atoms with E-state index in [1.165, 1.54) is 0 Å². The van der Waals surface area contributed by atoms with Crippen molar-refractivity contribution in [3.63, 3.8) is 0 Å². The van der Waals surface area contributed by atoms with Crippen molar-refractivity contribution in [3.8, 4) is 16.3 Å². The number of halogens is 1. The van der Waals surface area contributed by atoms with E-state index in [0.717, 1.165) is 42.2 Å². The highest BCUT2D eigenvalue weighted by Crippen LogP contribution is 2.28. The number of rotatable bonds is 4. The molecule has 2 aromatic heterocycles. The highest BCUT2D eigenvalue weighted by Gasteiger charge is 2.21. The summed E-state index contributed by atoms with van der Waals surface area (Å²) in [5.41, 5.74) is 2.34. The second-order valence-electron chi connectivity index (χ2n) is 6.16. The molecule has 1 aliphatic heterocycles. The summed E-state index contributed by atoms with van der Waals surface area (Å²) in [5.74, 6) is -0.110. The van der Waals surface area contributed by atoms with Crippen molar-refractivity contribution in [1.82, 2.24) is 20.4 Å². The Morgan fingerprint density at radius 1 is 1.23 bits per heavy atom. The number of hydrogen-bond donors (Lipinski definition) is 2. The predicted molar refractivity (Wildman–Crippen MR) is 107 cm³/mol. The molecule has 0 aliphatic carbocycles. The Balaban J connectivity index is 0.00000196. The van der Waals surface area contributed by atoms with Gasteiger partial charge in [-0.15, -0.1) is 23.7 Å². The number of nitrogens with zero attached hydrogens (tertiary/aromatic N) is 2. The van der Waals surface area contributed by atoms with Crippen molar-refractivity contribution in [1.29, 1.82) is 0 Å². The maximum atomic E-state index is 12.7. The minimum absolute atomic E-state index is 0. The van der Waals surface area contributed by atoms with Crippen molar-refractivity contribution >= 4 is 29.7 Å². The number of thiophene rings is 1. The lowest BCUT2D eigenvalue weighted by molar-refractivity contribution is 0.0925. The lowest BCUT2D eigenvalue weighted by Crippen LogP contribution is -2.45. The molecule has 1 aliphatic rings. The van der Waals surface area contributed by atoms with Crippen LogP contribution in [0.3, 0.4) is 0 Å². The van der Waals surface area contributed by atoms with Crippen LogP contribution >= 0.6 is 23.7 Å². The quantitative estimate of drug-likeness (QED) is 0.719. The van der Waals surface area contributed by atoms with Gasteiger partial charge in [0.15, 0.2) is 5.69 Å². The molecular weight excluding hydrogens is 368 g/mol. The lowest BCUT2D eigenvalue weighted by Gasteiger charge is -2.23. The maximum absolute atomic E-state index is 12.7. The van der Waals surface area contributed by atoms with E-state index in [0.29, 0.717) is 5.69 Å². The van der Waals surface area contributed by atoms with Gasteiger partial charge in [-0.2, -0.15) is 5.10 Å². The van der Waals surface area contributed by atoms with Gasteiger partial charge in [-0.25, -0.2) is 4.68 Å². The third kappa shape index (κ3) is 3.98. The first-order valence-corrected chi connectivity index (χ1v) is 9.40. The zero-order valence-corrected chi connectivity index (χ0v) is 15.9. The molecule has 2 N–H and O–H groups in total. The average molecular weight is 389 g/mol. The van der Waals surface area contributed by atoms with Gasteiger partial charge in [-0.05, 0) is 49.0 Å². The monoisotopic (exact) mass is 388 g/mol. The molecule has 3 aromatic rings. The summed E-state index contributed by atoms with van der Waals surface area (Å²) in [4.78, 5) is 13.8. The summed E-state index contributed by atoms with van der Waals surface area (Å²) in [6.45, 7) is 1.85. The predicted octanol–water partition coefficient (Wildman–Crippen LogP) is 3.50. The van der Waals surface area contributed by atoms with Crippen molar-refractivity contribution < 1.29 is 4.79 Å². The SMILES string of the molecule is Cl.O=C(NC1CCCNC1)c1cc(-c2cccs2)n(-c2ccccc2)n1. The van der Waals surface area contributed by atoms with Crippen LogP contribution in [0.4, 0.5) is 0 Å². The summed E-state index contributed by atoms with van der Waals surface area (Å²) in [6, 6.07) is 16.0. The van der Waals surface area contributed by atoms with Gasteiger partial charge in [0.25, 0.3) is 5.91 Å². The smallest absolute Gasteiger partial charge is 0.272 e. The fourth-order valence-corrected chi connectivity index (χ4v) is 3.82. The van der Waals surface area contributed by atoms with E-state index >= 15 is 0 Å². The van der Waals surface area contributed by atoms with Crippen molar-refractivity contribution in [2.75, 3.05) is 13.1 Å². The number of hydrogen-bond acceptors (Lipinski definition) is 4. The molecule has 3 heterocycles. The first-order valence-electron chi connectivity index (χ1n) is 8.52. The number of amides is 1. The molecule has 0 bridgehead atoms. The molecule has 1 fully saturated rings. The van der Waals surface area contributed by atoms with Crippen molar-refractivity contribution in [3.05, 3.63) is 59.6 Å². The zero-order valence-electron chi connectivity index (χ0n) is 14.2. The van der Waals surface area contributed by atoms with Gasteiger partial charge in [-0.3, -0.25) is 4.79 Å². The second-order valence-corrected chi connectivity index (χ2v) is 7.10. The van der Waals surface area contributed by atoms with Gasteiger partial charge in [0.05, 0.1) is 16.3 Å². The largest absolute Gasteiger partial charge is 0.347 e.